The van der Waals surface area contributed by atoms with Crippen LogP contribution in [0.5, 0.6) is 0 Å². The van der Waals surface area contributed by atoms with Crippen molar-refractivity contribution in [2.45, 2.75) is 13.3 Å². The van der Waals surface area contributed by atoms with Gasteiger partial charge in [0, 0.05) is 13.1 Å². The van der Waals surface area contributed by atoms with E-state index in [1.54, 1.807) is 0 Å². The second kappa shape index (κ2) is 7.90. The molecule has 1 aromatic heterocycles. The molecular weight excluding hydrogens is 294 g/mol. The maximum Gasteiger partial charge on any atom is 0.183 e. The molecule has 0 saturated carbocycles. The van der Waals surface area contributed by atoms with Gasteiger partial charge in [-0.05, 0) is 33.0 Å². The topological polar surface area (TPSA) is 45.2 Å². The third-order valence-electron chi connectivity index (χ3n) is 3.20. The lowest BCUT2D eigenvalue weighted by Gasteiger charge is -2.08. The fraction of sp³-hybridized carbons (Fsp3) is 0.353. The summed E-state index contributed by atoms with van der Waals surface area (Å²) in [5.74, 6) is 2.05. The van der Waals surface area contributed by atoms with Crippen LogP contribution in [0.15, 0.2) is 30.3 Å². The first-order valence-electron chi connectivity index (χ1n) is 7.24. The number of nitrogens with one attached hydrogen (secondary N) is 1. The van der Waals surface area contributed by atoms with E-state index in [4.69, 9.17) is 0 Å². The zero-order chi connectivity index (χ0) is 15.9. The standard InChI is InChI=1S/C17H21N3OS/c1-13-16(15(12-21)11-20(2)3)22-17(19-13)18-10-9-14-7-5-4-6-8-14/h4-8H,9-11H2,1-3H3,(H,18,19). The van der Waals surface area contributed by atoms with Gasteiger partial charge in [-0.15, -0.1) is 0 Å². The average molecular weight is 315 g/mol. The number of carbonyl (C=O) groups excluding carboxylic acids is 1. The molecule has 1 aromatic carbocycles. The second-order valence-corrected chi connectivity index (χ2v) is 6.41. The number of benzene rings is 1. The Morgan fingerprint density at radius 1 is 1.32 bits per heavy atom. The molecule has 0 aliphatic heterocycles. The fourth-order valence-corrected chi connectivity index (χ4v) is 3.15. The molecule has 2 rings (SSSR count). The van der Waals surface area contributed by atoms with Gasteiger partial charge >= 0.3 is 0 Å². The molecule has 116 valence electrons. The maximum atomic E-state index is 11.2. The van der Waals surface area contributed by atoms with Crippen LogP contribution in [0.1, 0.15) is 16.1 Å². The van der Waals surface area contributed by atoms with Crippen molar-refractivity contribution in [2.75, 3.05) is 32.5 Å². The second-order valence-electron chi connectivity index (χ2n) is 5.41. The Labute approximate surface area is 135 Å². The van der Waals surface area contributed by atoms with Gasteiger partial charge in [-0.25, -0.2) is 9.78 Å². The summed E-state index contributed by atoms with van der Waals surface area (Å²) >= 11 is 1.52. The van der Waals surface area contributed by atoms with E-state index in [-0.39, 0.29) is 0 Å². The highest BCUT2D eigenvalue weighted by Crippen LogP contribution is 2.28. The molecule has 0 amide bonds. The van der Waals surface area contributed by atoms with Crippen molar-refractivity contribution < 1.29 is 4.79 Å². The lowest BCUT2D eigenvalue weighted by Crippen LogP contribution is -2.14. The summed E-state index contributed by atoms with van der Waals surface area (Å²) in [6.07, 6.45) is 0.947. The summed E-state index contributed by atoms with van der Waals surface area (Å²) in [5.41, 5.74) is 2.84. The van der Waals surface area contributed by atoms with Crippen molar-refractivity contribution in [1.29, 1.82) is 0 Å². The molecule has 0 spiro atoms. The van der Waals surface area contributed by atoms with Gasteiger partial charge in [0.1, 0.15) is 5.94 Å². The SMILES string of the molecule is Cc1nc(NCCc2ccccc2)sc1C(=C=O)CN(C)C. The van der Waals surface area contributed by atoms with Gasteiger partial charge in [0.05, 0.1) is 16.1 Å². The normalized spacial score (nSPS) is 10.5. The van der Waals surface area contributed by atoms with Crippen molar-refractivity contribution in [2.24, 2.45) is 0 Å². The Balaban J connectivity index is 1.99. The highest BCUT2D eigenvalue weighted by Gasteiger charge is 2.13. The molecular formula is C17H21N3OS. The number of hydrogen-bond donors (Lipinski definition) is 1. The molecule has 0 radical (unpaired) electrons. The third-order valence-corrected chi connectivity index (χ3v) is 4.38. The number of aromatic nitrogens is 1. The molecule has 0 saturated heterocycles. The number of rotatable bonds is 7. The molecule has 4 nitrogen and oxygen atoms in total. The van der Waals surface area contributed by atoms with Crippen LogP contribution in [0.2, 0.25) is 0 Å². The lowest BCUT2D eigenvalue weighted by atomic mass is 10.1. The monoisotopic (exact) mass is 315 g/mol. The fourth-order valence-electron chi connectivity index (χ4n) is 2.18. The van der Waals surface area contributed by atoms with Crippen molar-refractivity contribution in [3.05, 3.63) is 46.5 Å². The van der Waals surface area contributed by atoms with E-state index >= 15 is 0 Å². The highest BCUT2D eigenvalue weighted by molar-refractivity contribution is 7.16. The smallest absolute Gasteiger partial charge is 0.183 e. The summed E-state index contributed by atoms with van der Waals surface area (Å²) in [6.45, 7) is 3.33. The Morgan fingerprint density at radius 3 is 2.68 bits per heavy atom. The van der Waals surface area contributed by atoms with Crippen LogP contribution >= 0.6 is 11.3 Å². The van der Waals surface area contributed by atoms with Gasteiger partial charge < -0.3 is 10.2 Å². The summed E-state index contributed by atoms with van der Waals surface area (Å²) in [4.78, 5) is 18.6. The van der Waals surface area contributed by atoms with Gasteiger partial charge in [-0.3, -0.25) is 0 Å². The average Bonchev–Trinajstić information content (AvgIpc) is 2.86. The van der Waals surface area contributed by atoms with Crippen LogP contribution in [-0.4, -0.2) is 43.0 Å². The summed E-state index contributed by atoms with van der Waals surface area (Å²) in [7, 11) is 3.87. The van der Waals surface area contributed by atoms with E-state index in [0.717, 1.165) is 28.7 Å². The molecule has 0 aliphatic rings. The minimum atomic E-state index is 0.579. The molecule has 5 heteroatoms. The quantitative estimate of drug-likeness (QED) is 0.798. The van der Waals surface area contributed by atoms with Crippen LogP contribution in [0.25, 0.3) is 5.57 Å². The van der Waals surface area contributed by atoms with Crippen LogP contribution < -0.4 is 5.32 Å². The molecule has 2 aromatic rings. The largest absolute Gasteiger partial charge is 0.361 e. The van der Waals surface area contributed by atoms with Crippen LogP contribution in [0, 0.1) is 6.92 Å². The number of anilines is 1. The van der Waals surface area contributed by atoms with E-state index in [9.17, 15) is 4.79 Å². The first-order chi connectivity index (χ1) is 10.6. The zero-order valence-corrected chi connectivity index (χ0v) is 14.0. The Bertz CT molecular complexity index is 658. The van der Waals surface area contributed by atoms with Crippen LogP contribution in [-0.2, 0) is 11.2 Å². The minimum absolute atomic E-state index is 0.579. The number of nitrogens with zero attached hydrogens (tertiary/aromatic N) is 2. The minimum Gasteiger partial charge on any atom is -0.361 e. The first kappa shape index (κ1) is 16.4. The molecule has 1 N–H and O–H groups in total. The van der Waals surface area contributed by atoms with E-state index in [1.165, 1.54) is 16.9 Å². The van der Waals surface area contributed by atoms with Crippen LogP contribution in [0.4, 0.5) is 5.13 Å². The van der Waals surface area contributed by atoms with E-state index in [0.29, 0.717) is 12.1 Å². The molecule has 0 bridgehead atoms. The molecule has 1 heterocycles. The molecule has 0 atom stereocenters. The number of likely N-dealkylation sites (N-methyl/N-ethyl adjacent to an activating group) is 1. The Hall–Kier alpha value is -1.94. The molecule has 22 heavy (non-hydrogen) atoms. The van der Waals surface area contributed by atoms with Crippen LogP contribution in [0.3, 0.4) is 0 Å². The van der Waals surface area contributed by atoms with Gasteiger partial charge in [-0.2, -0.15) is 0 Å². The Kier molecular flexibility index (Phi) is 5.90. The lowest BCUT2D eigenvalue weighted by molar-refractivity contribution is 0.463. The zero-order valence-electron chi connectivity index (χ0n) is 13.2. The predicted molar refractivity (Wildman–Crippen MR) is 93.1 cm³/mol. The van der Waals surface area contributed by atoms with E-state index < -0.39 is 0 Å². The molecule has 0 unspecified atom stereocenters. The van der Waals surface area contributed by atoms with Crippen molar-refractivity contribution in [3.8, 4) is 0 Å². The van der Waals surface area contributed by atoms with Gasteiger partial charge in [0.2, 0.25) is 0 Å². The predicted octanol–water partition coefficient (Wildman–Crippen LogP) is 2.88. The summed E-state index contributed by atoms with van der Waals surface area (Å²) in [6, 6.07) is 10.3. The van der Waals surface area contributed by atoms with Gasteiger partial charge in [-0.1, -0.05) is 41.7 Å². The number of hydrogen-bond acceptors (Lipinski definition) is 5. The number of thiazole rings is 1. The summed E-state index contributed by atoms with van der Waals surface area (Å²) < 4.78 is 0. The highest BCUT2D eigenvalue weighted by atomic mass is 32.1. The van der Waals surface area contributed by atoms with Gasteiger partial charge in [0.25, 0.3) is 0 Å². The van der Waals surface area contributed by atoms with Gasteiger partial charge in [0.15, 0.2) is 5.13 Å². The van der Waals surface area contributed by atoms with Crippen molar-refractivity contribution >= 4 is 28.0 Å². The molecule has 0 aliphatic carbocycles. The number of aryl methyl sites for hydroxylation is 1. The van der Waals surface area contributed by atoms with E-state index in [2.05, 4.69) is 28.4 Å². The van der Waals surface area contributed by atoms with Crippen molar-refractivity contribution in [3.63, 3.8) is 0 Å². The maximum absolute atomic E-state index is 11.2. The first-order valence-corrected chi connectivity index (χ1v) is 8.06. The third kappa shape index (κ3) is 4.53. The summed E-state index contributed by atoms with van der Waals surface area (Å²) in [5, 5.41) is 4.19. The Morgan fingerprint density at radius 2 is 2.05 bits per heavy atom. The van der Waals surface area contributed by atoms with Crippen molar-refractivity contribution in [1.82, 2.24) is 9.88 Å². The van der Waals surface area contributed by atoms with E-state index in [1.807, 2.05) is 44.1 Å². The molecule has 0 fully saturated rings.